The smallest absolute Gasteiger partial charge is 0.317 e. The van der Waals surface area contributed by atoms with Crippen LogP contribution < -0.4 is 38.5 Å². The van der Waals surface area contributed by atoms with E-state index in [2.05, 4.69) is 62.8 Å². The zero-order valence-electron chi connectivity index (χ0n) is 54.0. The lowest BCUT2D eigenvalue weighted by atomic mass is 9.88. The maximum atomic E-state index is 14.9. The highest BCUT2D eigenvalue weighted by atomic mass is 16.4. The van der Waals surface area contributed by atoms with E-state index in [1.54, 1.807) is 12.4 Å². The van der Waals surface area contributed by atoms with Gasteiger partial charge in [-0.25, -0.2) is 4.98 Å². The van der Waals surface area contributed by atoms with Crippen LogP contribution in [0.25, 0.3) is 10.9 Å². The highest BCUT2D eigenvalue weighted by Crippen LogP contribution is 2.25. The van der Waals surface area contributed by atoms with E-state index in [1.807, 2.05) is 96.9 Å². The molecule has 93 heavy (non-hydrogen) atoms. The Morgan fingerprint density at radius 3 is 1.91 bits per heavy atom. The summed E-state index contributed by atoms with van der Waals surface area (Å²) in [5.41, 5.74) is 21.1. The van der Waals surface area contributed by atoms with Crippen LogP contribution in [0.1, 0.15) is 93.5 Å². The summed E-state index contributed by atoms with van der Waals surface area (Å²) in [5, 5.41) is 21.8. The van der Waals surface area contributed by atoms with Gasteiger partial charge in [-0.3, -0.25) is 57.9 Å². The van der Waals surface area contributed by atoms with E-state index in [0.717, 1.165) is 40.7 Å². The van der Waals surface area contributed by atoms with Crippen molar-refractivity contribution in [1.82, 2.24) is 55.8 Å². The highest BCUT2D eigenvalue weighted by molar-refractivity contribution is 5.97. The van der Waals surface area contributed by atoms with Gasteiger partial charge in [0.05, 0.1) is 38.0 Å². The molecule has 0 unspecified atom stereocenters. The van der Waals surface area contributed by atoms with Crippen molar-refractivity contribution in [2.75, 3.05) is 98.7 Å². The molecule has 0 aliphatic carbocycles. The van der Waals surface area contributed by atoms with E-state index in [9.17, 15) is 48.3 Å². The molecule has 1 aliphatic heterocycles. The van der Waals surface area contributed by atoms with Crippen molar-refractivity contribution in [3.63, 3.8) is 0 Å². The molecule has 6 rings (SSSR count). The number of ketones is 3. The summed E-state index contributed by atoms with van der Waals surface area (Å²) in [6.07, 6.45) is 7.12. The minimum absolute atomic E-state index is 0.00882. The molecule has 25 nitrogen and oxygen atoms in total. The minimum Gasteiger partial charge on any atom is -0.480 e. The maximum absolute atomic E-state index is 14.9. The first-order valence-corrected chi connectivity index (χ1v) is 32.6. The van der Waals surface area contributed by atoms with Gasteiger partial charge in [-0.1, -0.05) is 92.2 Å². The second kappa shape index (κ2) is 39.7. The number of imidazole rings is 1. The number of unbranched alkanes of at least 4 members (excludes halogenated alkanes) is 1. The quantitative estimate of drug-likeness (QED) is 0.0153. The molecule has 13 N–H and O–H groups in total. The summed E-state index contributed by atoms with van der Waals surface area (Å²) in [6.45, 7) is 8.48. The predicted molar refractivity (Wildman–Crippen MR) is 356 cm³/mol. The van der Waals surface area contributed by atoms with Crippen molar-refractivity contribution in [2.45, 2.75) is 109 Å². The number of para-hydroxylation sites is 1. The van der Waals surface area contributed by atoms with Gasteiger partial charge in [-0.05, 0) is 87.7 Å². The molecule has 1 fully saturated rings. The first kappa shape index (κ1) is 73.4. The van der Waals surface area contributed by atoms with Gasteiger partial charge in [-0.15, -0.1) is 0 Å². The minimum atomic E-state index is -1.18. The van der Waals surface area contributed by atoms with Gasteiger partial charge in [-0.2, -0.15) is 0 Å². The highest BCUT2D eigenvalue weighted by Gasteiger charge is 2.34. The number of hydrogen-bond donors (Lipinski definition) is 10. The lowest BCUT2D eigenvalue weighted by Crippen LogP contribution is -2.48. The molecule has 25 heteroatoms. The van der Waals surface area contributed by atoms with Gasteiger partial charge in [0, 0.05) is 144 Å². The van der Waals surface area contributed by atoms with E-state index in [4.69, 9.17) is 17.2 Å². The number of carbonyl (C=O) groups excluding carboxylic acids is 8. The topological polar surface area (TPSA) is 370 Å². The number of rotatable bonds is 39. The number of nitrogens with zero attached hydrogens (tertiary/aromatic N) is 6. The van der Waals surface area contributed by atoms with Crippen molar-refractivity contribution in [3.05, 3.63) is 126 Å². The molecule has 1 aliphatic rings. The van der Waals surface area contributed by atoms with Crippen molar-refractivity contribution >= 4 is 69.7 Å². The fourth-order valence-electron chi connectivity index (χ4n) is 11.6. The van der Waals surface area contributed by atoms with Crippen LogP contribution in [0.15, 0.2) is 109 Å². The average Bonchev–Trinajstić information content (AvgIpc) is 1.83. The second-order valence-electron chi connectivity index (χ2n) is 24.3. The molecule has 5 aromatic rings. The summed E-state index contributed by atoms with van der Waals surface area (Å²) in [4.78, 5) is 146. The SMILES string of the molecule is CCN1CCN(CC(=O)O)CCN(C)CCN(CC(=O)NCCCC[C@H](CC(=O)CNC(=O)[C@@H](CC(=O)[C@H](CCCN=C(N)N)NC(=O)[C@H](CC(=O)[C@H](Cc2cnc[nH]2)NC(=O)CCCc2ccccc2)Cc2ccccc2)Cc2c[nH]c3ccccc23)C(N)=O)CC1. The Labute approximate surface area is 545 Å². The van der Waals surface area contributed by atoms with Crippen LogP contribution in [0, 0.1) is 17.8 Å². The van der Waals surface area contributed by atoms with Crippen LogP contribution >= 0.6 is 0 Å². The summed E-state index contributed by atoms with van der Waals surface area (Å²) < 4.78 is 0. The number of benzene rings is 3. The molecule has 1 saturated heterocycles. The Kier molecular flexibility index (Phi) is 31.3. The fourth-order valence-corrected chi connectivity index (χ4v) is 11.6. The Morgan fingerprint density at radius 1 is 0.624 bits per heavy atom. The monoisotopic (exact) mass is 1280 g/mol. The number of carboxylic acid groups (broad SMARTS) is 1. The molecule has 3 aromatic carbocycles. The zero-order valence-corrected chi connectivity index (χ0v) is 54.0. The Balaban J connectivity index is 1.09. The lowest BCUT2D eigenvalue weighted by molar-refractivity contribution is -0.138. The number of carbonyl (C=O) groups is 9. The van der Waals surface area contributed by atoms with Gasteiger partial charge in [0.2, 0.25) is 29.5 Å². The largest absolute Gasteiger partial charge is 0.480 e. The molecule has 5 atom stereocenters. The third-order valence-corrected chi connectivity index (χ3v) is 17.0. The maximum Gasteiger partial charge on any atom is 0.317 e. The second-order valence-corrected chi connectivity index (χ2v) is 24.3. The van der Waals surface area contributed by atoms with Crippen molar-refractivity contribution in [1.29, 1.82) is 0 Å². The molecular weight excluding hydrogens is 1190 g/mol. The number of aromatic amines is 2. The number of hydrogen-bond acceptors (Lipinski definition) is 15. The lowest BCUT2D eigenvalue weighted by Gasteiger charge is -2.32. The van der Waals surface area contributed by atoms with Gasteiger partial charge < -0.3 is 63.3 Å². The van der Waals surface area contributed by atoms with E-state index >= 15 is 0 Å². The van der Waals surface area contributed by atoms with Crippen LogP contribution in [0.4, 0.5) is 0 Å². The molecular formula is C68H97N15O10. The number of fused-ring (bicyclic) bond motifs is 1. The number of aliphatic carboxylic acids is 1. The number of aliphatic imine (C=N–C) groups is 1. The summed E-state index contributed by atoms with van der Waals surface area (Å²) in [7, 11) is 1.99. The van der Waals surface area contributed by atoms with E-state index < -0.39 is 77.4 Å². The van der Waals surface area contributed by atoms with Crippen LogP contribution in [0.3, 0.4) is 0 Å². The van der Waals surface area contributed by atoms with E-state index in [0.29, 0.717) is 83.7 Å². The predicted octanol–water partition coefficient (Wildman–Crippen LogP) is 2.54. The van der Waals surface area contributed by atoms with Gasteiger partial charge in [0.25, 0.3) is 0 Å². The number of amides is 5. The average molecular weight is 1280 g/mol. The Morgan fingerprint density at radius 2 is 1.26 bits per heavy atom. The first-order chi connectivity index (χ1) is 44.8. The molecule has 0 spiro atoms. The Bertz CT molecular complexity index is 3190. The molecule has 0 bridgehead atoms. The number of nitrogens with one attached hydrogen (secondary N) is 6. The molecule has 2 aromatic heterocycles. The third-order valence-electron chi connectivity index (χ3n) is 17.0. The first-order valence-electron chi connectivity index (χ1n) is 32.6. The zero-order chi connectivity index (χ0) is 66.9. The number of primary amides is 1. The number of guanidine groups is 1. The molecule has 5 amide bonds. The van der Waals surface area contributed by atoms with Crippen molar-refractivity contribution in [3.8, 4) is 0 Å². The van der Waals surface area contributed by atoms with Crippen LogP contribution in [-0.4, -0.2) is 209 Å². The van der Waals surface area contributed by atoms with E-state index in [-0.39, 0.29) is 102 Å². The summed E-state index contributed by atoms with van der Waals surface area (Å²) >= 11 is 0. The number of H-pyrrole nitrogens is 2. The summed E-state index contributed by atoms with van der Waals surface area (Å²) in [6, 6.07) is 24.2. The number of aromatic nitrogens is 3. The summed E-state index contributed by atoms with van der Waals surface area (Å²) in [5.74, 6) is -7.60. The number of likely N-dealkylation sites (N-methyl/N-ethyl adjacent to an activating group) is 2. The standard InChI is InChI=1S/C68H97N15O10/c1-3-81-32-34-82(30-28-80(2)29-31-83(35-33-81)46-64(89)90)45-63(88)73-26-13-12-21-50(65(69)91)38-55(84)44-76-66(92)52(37-53-42-75-57-23-11-10-22-56(53)57)40-60(85)58(24-15-27-74-68(70)71)79-67(93)51(36-49-18-8-5-9-19-49)39-61(86)59(41-54-43-72-47-77-54)78-62(87)25-14-20-48-16-6-4-7-17-48/h4-11,16-19,22-23,42-43,47,50-52,58-59,75H,3,12-15,20-21,24-41,44-46H2,1-2H3,(H2,69,91)(H,72,77)(H,73,88)(H,76,92)(H,78,87)(H,79,93)(H,89,90)(H4,70,71,74)/t50-,51+,52-,58+,59+/m1/s1. The number of Topliss-reactive ketones (excluding diaryl/α,β-unsaturated/α-hetero) is 3. The molecule has 3 heterocycles. The van der Waals surface area contributed by atoms with Gasteiger partial charge >= 0.3 is 5.97 Å². The van der Waals surface area contributed by atoms with Crippen LogP contribution in [0.5, 0.6) is 0 Å². The van der Waals surface area contributed by atoms with Crippen molar-refractivity contribution in [2.24, 2.45) is 39.9 Å². The normalized spacial score (nSPS) is 15.5. The fraction of sp³-hybridized carbons (Fsp3) is 0.515. The van der Waals surface area contributed by atoms with Crippen LogP contribution in [0.2, 0.25) is 0 Å². The van der Waals surface area contributed by atoms with Crippen molar-refractivity contribution < 1.29 is 48.3 Å². The number of nitrogens with two attached hydrogens (primary N) is 3. The molecule has 504 valence electrons. The van der Waals surface area contributed by atoms with Gasteiger partial charge in [0.1, 0.15) is 0 Å². The number of carboxylic acids is 1. The van der Waals surface area contributed by atoms with Crippen LogP contribution in [-0.2, 0) is 68.8 Å². The van der Waals surface area contributed by atoms with Gasteiger partial charge in [0.15, 0.2) is 23.3 Å². The third kappa shape index (κ3) is 27.2. The number of aryl methyl sites for hydroxylation is 1. The van der Waals surface area contributed by atoms with E-state index in [1.165, 1.54) is 6.33 Å². The molecule has 0 saturated carbocycles. The Hall–Kier alpha value is -8.65. The molecule has 0 radical (unpaired) electrons.